The summed E-state index contributed by atoms with van der Waals surface area (Å²) in [6.07, 6.45) is 0. The molecule has 0 amide bonds. The largest absolute Gasteiger partial charge is 0.508 e. The molecule has 1 atom stereocenters. The van der Waals surface area contributed by atoms with Crippen LogP contribution in [0.1, 0.15) is 11.6 Å². The Morgan fingerprint density at radius 3 is 2.47 bits per heavy atom. The highest BCUT2D eigenvalue weighted by molar-refractivity contribution is 5.46. The van der Waals surface area contributed by atoms with Crippen molar-refractivity contribution in [1.29, 1.82) is 0 Å². The first-order chi connectivity index (χ1) is 9.08. The van der Waals surface area contributed by atoms with Crippen LogP contribution in [0.15, 0.2) is 42.5 Å². The Kier molecular flexibility index (Phi) is 3.97. The van der Waals surface area contributed by atoms with E-state index in [-0.39, 0.29) is 12.4 Å². The van der Waals surface area contributed by atoms with Crippen molar-refractivity contribution in [3.05, 3.63) is 59.7 Å². The van der Waals surface area contributed by atoms with Gasteiger partial charge in [-0.05, 0) is 35.9 Å². The van der Waals surface area contributed by atoms with Gasteiger partial charge in [-0.15, -0.1) is 0 Å². The highest BCUT2D eigenvalue weighted by Crippen LogP contribution is 2.24. The zero-order chi connectivity index (χ0) is 13.8. The Bertz CT molecular complexity index is 555. The van der Waals surface area contributed by atoms with Crippen molar-refractivity contribution in [1.82, 2.24) is 0 Å². The fraction of sp³-hybridized carbons (Fsp3) is 0.143. The Labute approximate surface area is 109 Å². The van der Waals surface area contributed by atoms with Crippen molar-refractivity contribution < 1.29 is 19.0 Å². The van der Waals surface area contributed by atoms with Gasteiger partial charge in [0.05, 0.1) is 12.6 Å². The molecule has 0 aliphatic rings. The van der Waals surface area contributed by atoms with Crippen LogP contribution in [0.2, 0.25) is 0 Å². The van der Waals surface area contributed by atoms with Gasteiger partial charge in [-0.25, -0.2) is 8.78 Å². The lowest BCUT2D eigenvalue weighted by Crippen LogP contribution is -2.15. The number of phenolic OH excluding ortho intramolecular Hbond substituents is 1. The molecule has 0 bridgehead atoms. The van der Waals surface area contributed by atoms with Crippen LogP contribution < -0.4 is 5.32 Å². The summed E-state index contributed by atoms with van der Waals surface area (Å²) in [6, 6.07) is 8.60. The van der Waals surface area contributed by atoms with Crippen molar-refractivity contribution in [3.63, 3.8) is 0 Å². The Hall–Kier alpha value is -2.14. The number of hydrogen-bond donors (Lipinski definition) is 3. The van der Waals surface area contributed by atoms with Gasteiger partial charge >= 0.3 is 0 Å². The highest BCUT2D eigenvalue weighted by Gasteiger charge is 2.12. The van der Waals surface area contributed by atoms with E-state index in [4.69, 9.17) is 0 Å². The van der Waals surface area contributed by atoms with Gasteiger partial charge < -0.3 is 15.5 Å². The number of phenols is 1. The summed E-state index contributed by atoms with van der Waals surface area (Å²) in [7, 11) is 0. The van der Waals surface area contributed by atoms with Crippen LogP contribution in [-0.4, -0.2) is 16.8 Å². The number of nitrogens with one attached hydrogen (secondary N) is 1. The molecule has 5 heteroatoms. The molecule has 0 fully saturated rings. The zero-order valence-corrected chi connectivity index (χ0v) is 9.98. The van der Waals surface area contributed by atoms with Crippen LogP contribution in [0.5, 0.6) is 5.75 Å². The van der Waals surface area contributed by atoms with E-state index in [1.807, 2.05) is 0 Å². The predicted molar refractivity (Wildman–Crippen MR) is 67.9 cm³/mol. The Balaban J connectivity index is 2.24. The molecule has 2 aromatic carbocycles. The molecule has 0 saturated carbocycles. The molecule has 0 aliphatic heterocycles. The summed E-state index contributed by atoms with van der Waals surface area (Å²) in [6.45, 7) is -0.320. The summed E-state index contributed by atoms with van der Waals surface area (Å²) >= 11 is 0. The number of rotatable bonds is 4. The second-order valence-corrected chi connectivity index (χ2v) is 4.13. The minimum atomic E-state index is -0.636. The summed E-state index contributed by atoms with van der Waals surface area (Å²) in [5.74, 6) is -1.24. The van der Waals surface area contributed by atoms with Gasteiger partial charge in [-0.2, -0.15) is 0 Å². The third kappa shape index (κ3) is 3.42. The molecular formula is C14H13F2NO2. The number of aliphatic hydroxyl groups excluding tert-OH is 1. The lowest BCUT2D eigenvalue weighted by atomic mass is 10.1. The molecular weight excluding hydrogens is 252 g/mol. The van der Waals surface area contributed by atoms with E-state index >= 15 is 0 Å². The topological polar surface area (TPSA) is 52.5 Å². The standard InChI is InChI=1S/C14H13F2NO2/c15-10-2-1-3-12(6-10)17-14(8-18)9-4-11(16)7-13(19)5-9/h1-7,14,17-19H,8H2. The average Bonchev–Trinajstić information content (AvgIpc) is 2.34. The number of aliphatic hydroxyl groups is 1. The second-order valence-electron chi connectivity index (χ2n) is 4.13. The molecule has 3 nitrogen and oxygen atoms in total. The van der Waals surface area contributed by atoms with E-state index in [0.717, 1.165) is 6.07 Å². The van der Waals surface area contributed by atoms with Crippen molar-refractivity contribution in [3.8, 4) is 5.75 Å². The van der Waals surface area contributed by atoms with Crippen LogP contribution in [0.4, 0.5) is 14.5 Å². The van der Waals surface area contributed by atoms with E-state index in [1.165, 1.54) is 30.3 Å². The van der Waals surface area contributed by atoms with Crippen molar-refractivity contribution in [2.24, 2.45) is 0 Å². The molecule has 0 saturated heterocycles. The molecule has 0 heterocycles. The minimum absolute atomic E-state index is 0.227. The van der Waals surface area contributed by atoms with Gasteiger partial charge in [0.25, 0.3) is 0 Å². The molecule has 3 N–H and O–H groups in total. The van der Waals surface area contributed by atoms with Gasteiger partial charge in [0.2, 0.25) is 0 Å². The molecule has 2 rings (SSSR count). The van der Waals surface area contributed by atoms with Crippen LogP contribution >= 0.6 is 0 Å². The highest BCUT2D eigenvalue weighted by atomic mass is 19.1. The third-order valence-corrected chi connectivity index (χ3v) is 2.66. The first-order valence-corrected chi connectivity index (χ1v) is 5.71. The molecule has 0 aromatic heterocycles. The number of benzene rings is 2. The summed E-state index contributed by atoms with van der Waals surface area (Å²) in [5.41, 5.74) is 0.840. The smallest absolute Gasteiger partial charge is 0.127 e. The monoisotopic (exact) mass is 265 g/mol. The van der Waals surface area contributed by atoms with Gasteiger partial charge in [-0.1, -0.05) is 6.07 Å². The molecule has 19 heavy (non-hydrogen) atoms. The van der Waals surface area contributed by atoms with E-state index in [1.54, 1.807) is 6.07 Å². The summed E-state index contributed by atoms with van der Waals surface area (Å²) < 4.78 is 26.2. The first kappa shape index (κ1) is 13.3. The van der Waals surface area contributed by atoms with E-state index in [0.29, 0.717) is 11.3 Å². The maximum absolute atomic E-state index is 13.2. The number of aromatic hydroxyl groups is 1. The number of anilines is 1. The van der Waals surface area contributed by atoms with Gasteiger partial charge in [0.15, 0.2) is 0 Å². The minimum Gasteiger partial charge on any atom is -0.508 e. The van der Waals surface area contributed by atoms with Crippen LogP contribution in [-0.2, 0) is 0 Å². The van der Waals surface area contributed by atoms with Crippen molar-refractivity contribution in [2.75, 3.05) is 11.9 Å². The van der Waals surface area contributed by atoms with Crippen molar-refractivity contribution >= 4 is 5.69 Å². The fourth-order valence-electron chi connectivity index (χ4n) is 1.81. The number of hydrogen-bond acceptors (Lipinski definition) is 3. The second kappa shape index (κ2) is 5.67. The Morgan fingerprint density at radius 2 is 1.84 bits per heavy atom. The van der Waals surface area contributed by atoms with Crippen LogP contribution in [0, 0.1) is 11.6 Å². The maximum atomic E-state index is 13.2. The first-order valence-electron chi connectivity index (χ1n) is 5.71. The van der Waals surface area contributed by atoms with Crippen LogP contribution in [0.3, 0.4) is 0 Å². The van der Waals surface area contributed by atoms with E-state index < -0.39 is 17.7 Å². The normalized spacial score (nSPS) is 12.2. The molecule has 100 valence electrons. The van der Waals surface area contributed by atoms with Crippen LogP contribution in [0.25, 0.3) is 0 Å². The zero-order valence-electron chi connectivity index (χ0n) is 9.98. The van der Waals surface area contributed by atoms with Crippen molar-refractivity contribution in [2.45, 2.75) is 6.04 Å². The maximum Gasteiger partial charge on any atom is 0.127 e. The quantitative estimate of drug-likeness (QED) is 0.796. The molecule has 0 aliphatic carbocycles. The lowest BCUT2D eigenvalue weighted by Gasteiger charge is -2.18. The fourth-order valence-corrected chi connectivity index (χ4v) is 1.81. The third-order valence-electron chi connectivity index (χ3n) is 2.66. The predicted octanol–water partition coefficient (Wildman–Crippen LogP) is 2.82. The SMILES string of the molecule is OCC(Nc1cccc(F)c1)c1cc(O)cc(F)c1. The van der Waals surface area contributed by atoms with Gasteiger partial charge in [0, 0.05) is 11.8 Å². The molecule has 1 unspecified atom stereocenters. The number of halogens is 2. The Morgan fingerprint density at radius 1 is 1.05 bits per heavy atom. The average molecular weight is 265 g/mol. The van der Waals surface area contributed by atoms with Gasteiger partial charge in [0.1, 0.15) is 17.4 Å². The molecule has 0 spiro atoms. The summed E-state index contributed by atoms with van der Waals surface area (Å²) in [5, 5.41) is 21.5. The van der Waals surface area contributed by atoms with E-state index in [2.05, 4.69) is 5.32 Å². The van der Waals surface area contributed by atoms with E-state index in [9.17, 15) is 19.0 Å². The lowest BCUT2D eigenvalue weighted by molar-refractivity contribution is 0.276. The van der Waals surface area contributed by atoms with Gasteiger partial charge in [-0.3, -0.25) is 0 Å². The molecule has 2 aromatic rings. The molecule has 0 radical (unpaired) electrons. The summed E-state index contributed by atoms with van der Waals surface area (Å²) in [4.78, 5) is 0.